The molecule has 0 unspecified atom stereocenters. The zero-order chi connectivity index (χ0) is 17.1. The Kier molecular flexibility index (Phi) is 5.17. The van der Waals surface area contributed by atoms with E-state index in [2.05, 4.69) is 26.0 Å². The first kappa shape index (κ1) is 16.9. The number of benzene rings is 1. The van der Waals surface area contributed by atoms with Gasteiger partial charge < -0.3 is 0 Å². The van der Waals surface area contributed by atoms with Gasteiger partial charge in [-0.05, 0) is 60.8 Å². The van der Waals surface area contributed by atoms with Crippen LogP contribution in [0.5, 0.6) is 0 Å². The van der Waals surface area contributed by atoms with Crippen LogP contribution < -0.4 is 0 Å². The fourth-order valence-electron chi connectivity index (χ4n) is 4.00. The van der Waals surface area contributed by atoms with Crippen molar-refractivity contribution in [1.82, 2.24) is 4.90 Å². The molecule has 1 aromatic rings. The van der Waals surface area contributed by atoms with Gasteiger partial charge in [-0.1, -0.05) is 38.8 Å². The number of unbranched alkanes of at least 4 members (excludes halogenated alkanes) is 2. The SMILES string of the molecule is CCCCc1cc(CCCC)c2c(c1)CC[C@@H]2N1C(=O)C=CC1=O. The van der Waals surface area contributed by atoms with Crippen molar-refractivity contribution in [3.05, 3.63) is 46.5 Å². The molecular formula is C21H27NO2. The molecule has 128 valence electrons. The van der Waals surface area contributed by atoms with Crippen molar-refractivity contribution in [2.75, 3.05) is 0 Å². The Morgan fingerprint density at radius 2 is 1.67 bits per heavy atom. The molecule has 0 spiro atoms. The summed E-state index contributed by atoms with van der Waals surface area (Å²) in [5, 5.41) is 0. The molecule has 1 aliphatic heterocycles. The standard InChI is InChI=1S/C21H27NO2/c1-3-5-7-15-13-16(8-6-4-2)21-17(14-15)9-10-18(21)22-19(23)11-12-20(22)24/h11-14,18H,3-10H2,1-2H3/t18-/m0/s1. The fraction of sp³-hybridized carbons (Fsp3) is 0.524. The van der Waals surface area contributed by atoms with Crippen LogP contribution >= 0.6 is 0 Å². The van der Waals surface area contributed by atoms with Crippen molar-refractivity contribution in [2.45, 2.75) is 71.3 Å². The quantitative estimate of drug-likeness (QED) is 0.702. The summed E-state index contributed by atoms with van der Waals surface area (Å²) < 4.78 is 0. The molecule has 0 saturated carbocycles. The monoisotopic (exact) mass is 325 g/mol. The number of hydrogen-bond donors (Lipinski definition) is 0. The number of carbonyl (C=O) groups is 2. The molecule has 1 aliphatic carbocycles. The van der Waals surface area contributed by atoms with Crippen molar-refractivity contribution in [2.24, 2.45) is 0 Å². The van der Waals surface area contributed by atoms with Crippen molar-refractivity contribution < 1.29 is 9.59 Å². The van der Waals surface area contributed by atoms with Crippen LogP contribution in [0.3, 0.4) is 0 Å². The van der Waals surface area contributed by atoms with E-state index in [4.69, 9.17) is 0 Å². The maximum absolute atomic E-state index is 12.1. The largest absolute Gasteiger partial charge is 0.269 e. The average Bonchev–Trinajstić information content (AvgIpc) is 3.13. The van der Waals surface area contributed by atoms with Gasteiger partial charge >= 0.3 is 0 Å². The first-order valence-electron chi connectivity index (χ1n) is 9.35. The lowest BCUT2D eigenvalue weighted by atomic mass is 9.92. The van der Waals surface area contributed by atoms with Crippen molar-refractivity contribution >= 4 is 11.8 Å². The van der Waals surface area contributed by atoms with E-state index < -0.39 is 0 Å². The molecule has 0 saturated heterocycles. The summed E-state index contributed by atoms with van der Waals surface area (Å²) in [5.41, 5.74) is 5.39. The maximum Gasteiger partial charge on any atom is 0.254 e. The minimum atomic E-state index is -0.158. The normalized spacial score (nSPS) is 19.4. The van der Waals surface area contributed by atoms with Gasteiger partial charge in [-0.15, -0.1) is 0 Å². The third-order valence-corrected chi connectivity index (χ3v) is 5.21. The molecule has 0 radical (unpaired) electrons. The zero-order valence-electron chi connectivity index (χ0n) is 14.8. The molecule has 3 heteroatoms. The van der Waals surface area contributed by atoms with Crippen LogP contribution in [0.4, 0.5) is 0 Å². The van der Waals surface area contributed by atoms with Crippen molar-refractivity contribution in [1.29, 1.82) is 0 Å². The lowest BCUT2D eigenvalue weighted by molar-refractivity contribution is -0.139. The van der Waals surface area contributed by atoms with Gasteiger partial charge in [0.05, 0.1) is 6.04 Å². The van der Waals surface area contributed by atoms with E-state index >= 15 is 0 Å². The highest BCUT2D eigenvalue weighted by Gasteiger charge is 2.37. The first-order chi connectivity index (χ1) is 11.7. The molecule has 0 aromatic heterocycles. The predicted molar refractivity (Wildman–Crippen MR) is 95.7 cm³/mol. The molecule has 24 heavy (non-hydrogen) atoms. The summed E-state index contributed by atoms with van der Waals surface area (Å²) in [6.07, 6.45) is 11.5. The summed E-state index contributed by atoms with van der Waals surface area (Å²) in [5.74, 6) is -0.316. The Morgan fingerprint density at radius 3 is 2.33 bits per heavy atom. The Bertz CT molecular complexity index is 657. The molecule has 0 N–H and O–H groups in total. The van der Waals surface area contributed by atoms with Gasteiger partial charge in [0.2, 0.25) is 0 Å². The zero-order valence-corrected chi connectivity index (χ0v) is 14.8. The molecule has 1 atom stereocenters. The van der Waals surface area contributed by atoms with E-state index in [9.17, 15) is 9.59 Å². The van der Waals surface area contributed by atoms with Gasteiger partial charge in [0.1, 0.15) is 0 Å². The van der Waals surface area contributed by atoms with Crippen LogP contribution in [0, 0.1) is 0 Å². The second-order valence-corrected chi connectivity index (χ2v) is 6.97. The number of amides is 2. The molecule has 2 amide bonds. The topological polar surface area (TPSA) is 37.4 Å². The second kappa shape index (κ2) is 7.33. The number of nitrogens with zero attached hydrogens (tertiary/aromatic N) is 1. The van der Waals surface area contributed by atoms with Gasteiger partial charge in [0.25, 0.3) is 11.8 Å². The minimum absolute atomic E-state index is 0.0675. The smallest absolute Gasteiger partial charge is 0.254 e. The van der Waals surface area contributed by atoms with Gasteiger partial charge in [0.15, 0.2) is 0 Å². The van der Waals surface area contributed by atoms with Gasteiger partial charge in [-0.3, -0.25) is 14.5 Å². The van der Waals surface area contributed by atoms with E-state index in [-0.39, 0.29) is 17.9 Å². The molecule has 0 bridgehead atoms. The van der Waals surface area contributed by atoms with Gasteiger partial charge in [-0.2, -0.15) is 0 Å². The molecule has 2 aliphatic rings. The number of carbonyl (C=O) groups excluding carboxylic acids is 2. The summed E-state index contributed by atoms with van der Waals surface area (Å²) in [4.78, 5) is 25.7. The highest BCUT2D eigenvalue weighted by molar-refractivity contribution is 6.13. The number of rotatable bonds is 7. The second-order valence-electron chi connectivity index (χ2n) is 6.97. The van der Waals surface area contributed by atoms with E-state index in [0.29, 0.717) is 0 Å². The molecule has 1 heterocycles. The van der Waals surface area contributed by atoms with Crippen molar-refractivity contribution in [3.63, 3.8) is 0 Å². The Labute approximate surface area is 144 Å². The minimum Gasteiger partial charge on any atom is -0.269 e. The lowest BCUT2D eigenvalue weighted by Crippen LogP contribution is -2.33. The molecule has 0 fully saturated rings. The summed E-state index contributed by atoms with van der Waals surface area (Å²) in [6, 6.07) is 4.59. The van der Waals surface area contributed by atoms with Crippen LogP contribution in [0.15, 0.2) is 24.3 Å². The molecular weight excluding hydrogens is 298 g/mol. The average molecular weight is 325 g/mol. The van der Waals surface area contributed by atoms with Crippen LogP contribution in [-0.2, 0) is 28.9 Å². The fourth-order valence-corrected chi connectivity index (χ4v) is 4.00. The van der Waals surface area contributed by atoms with Gasteiger partial charge in [0, 0.05) is 12.2 Å². The Hall–Kier alpha value is -1.90. The predicted octanol–water partition coefficient (Wildman–Crippen LogP) is 4.28. The number of imide groups is 1. The van der Waals surface area contributed by atoms with E-state index in [1.807, 2.05) is 0 Å². The van der Waals surface area contributed by atoms with E-state index in [1.165, 1.54) is 52.1 Å². The Morgan fingerprint density at radius 1 is 1.00 bits per heavy atom. The summed E-state index contributed by atoms with van der Waals surface area (Å²) in [6.45, 7) is 4.43. The number of fused-ring (bicyclic) bond motifs is 1. The van der Waals surface area contributed by atoms with Crippen LogP contribution in [0.1, 0.15) is 74.2 Å². The number of aryl methyl sites for hydroxylation is 3. The van der Waals surface area contributed by atoms with E-state index in [0.717, 1.165) is 38.5 Å². The highest BCUT2D eigenvalue weighted by Crippen LogP contribution is 2.40. The third-order valence-electron chi connectivity index (χ3n) is 5.21. The van der Waals surface area contributed by atoms with Crippen LogP contribution in [0.25, 0.3) is 0 Å². The van der Waals surface area contributed by atoms with Crippen LogP contribution in [-0.4, -0.2) is 16.7 Å². The summed E-state index contributed by atoms with van der Waals surface area (Å²) >= 11 is 0. The first-order valence-corrected chi connectivity index (χ1v) is 9.35. The Balaban J connectivity index is 1.96. The van der Waals surface area contributed by atoms with Crippen LogP contribution in [0.2, 0.25) is 0 Å². The van der Waals surface area contributed by atoms with E-state index in [1.54, 1.807) is 0 Å². The molecule has 3 nitrogen and oxygen atoms in total. The highest BCUT2D eigenvalue weighted by atomic mass is 16.2. The molecule has 3 rings (SSSR count). The number of hydrogen-bond acceptors (Lipinski definition) is 2. The summed E-state index contributed by atoms with van der Waals surface area (Å²) in [7, 11) is 0. The van der Waals surface area contributed by atoms with Crippen molar-refractivity contribution in [3.8, 4) is 0 Å². The molecule has 1 aromatic carbocycles. The van der Waals surface area contributed by atoms with Gasteiger partial charge in [-0.25, -0.2) is 0 Å². The third kappa shape index (κ3) is 3.17. The maximum atomic E-state index is 12.1. The lowest BCUT2D eigenvalue weighted by Gasteiger charge is -2.25.